The fourth-order valence-corrected chi connectivity index (χ4v) is 3.17. The molecule has 1 unspecified atom stereocenters. The molecule has 0 bridgehead atoms. The van der Waals surface area contributed by atoms with E-state index in [4.69, 9.17) is 4.74 Å². The molecule has 1 fully saturated rings. The van der Waals surface area contributed by atoms with Crippen molar-refractivity contribution in [1.82, 2.24) is 9.88 Å². The molecule has 1 atom stereocenters. The summed E-state index contributed by atoms with van der Waals surface area (Å²) in [6, 6.07) is 11.8. The number of hydrogen-bond acceptors (Lipinski definition) is 3. The second-order valence-corrected chi connectivity index (χ2v) is 6.69. The van der Waals surface area contributed by atoms with Crippen LogP contribution in [0.4, 0.5) is 0 Å². The maximum atomic E-state index is 12.7. The normalized spacial score (nSPS) is 18.0. The van der Waals surface area contributed by atoms with E-state index >= 15 is 0 Å². The highest BCUT2D eigenvalue weighted by Crippen LogP contribution is 2.23. The molecule has 1 amide bonds. The number of aryl methyl sites for hydroxylation is 1. The van der Waals surface area contributed by atoms with Crippen LogP contribution < -0.4 is 0 Å². The average molecular weight is 375 g/mol. The summed E-state index contributed by atoms with van der Waals surface area (Å²) in [5, 5.41) is 0. The minimum Gasteiger partial charge on any atom is -0.375 e. The van der Waals surface area contributed by atoms with E-state index in [1.165, 1.54) is 0 Å². The van der Waals surface area contributed by atoms with E-state index in [2.05, 4.69) is 20.9 Å². The fraction of sp³-hybridized carbons (Fsp3) is 0.333. The lowest BCUT2D eigenvalue weighted by Crippen LogP contribution is -2.44. The molecular weight excluding hydrogens is 356 g/mol. The van der Waals surface area contributed by atoms with Crippen LogP contribution in [-0.2, 0) is 4.74 Å². The zero-order valence-corrected chi connectivity index (χ0v) is 14.8. The van der Waals surface area contributed by atoms with E-state index in [1.54, 1.807) is 0 Å². The number of carbonyl (C=O) groups is 1. The number of morpholine rings is 1. The van der Waals surface area contributed by atoms with Gasteiger partial charge in [0.05, 0.1) is 29.7 Å². The summed E-state index contributed by atoms with van der Waals surface area (Å²) in [5.74, 6) is 0.0333. The molecule has 1 aliphatic heterocycles. The molecule has 1 aliphatic rings. The summed E-state index contributed by atoms with van der Waals surface area (Å²) in [5.41, 5.74) is 3.32. The van der Waals surface area contributed by atoms with Crippen LogP contribution in [0.1, 0.15) is 23.0 Å². The summed E-state index contributed by atoms with van der Waals surface area (Å²) < 4.78 is 6.51. The van der Waals surface area contributed by atoms with Gasteiger partial charge in [-0.15, -0.1) is 0 Å². The van der Waals surface area contributed by atoms with Crippen molar-refractivity contribution in [3.8, 4) is 11.3 Å². The van der Waals surface area contributed by atoms with Gasteiger partial charge in [-0.25, -0.2) is 0 Å². The maximum Gasteiger partial charge on any atom is 0.255 e. The average Bonchev–Trinajstić information content (AvgIpc) is 2.54. The van der Waals surface area contributed by atoms with E-state index < -0.39 is 0 Å². The molecule has 120 valence electrons. The molecule has 5 heteroatoms. The Balaban J connectivity index is 1.86. The van der Waals surface area contributed by atoms with Crippen LogP contribution in [0.2, 0.25) is 0 Å². The van der Waals surface area contributed by atoms with Crippen molar-refractivity contribution in [2.75, 3.05) is 19.7 Å². The molecule has 0 aliphatic carbocycles. The van der Waals surface area contributed by atoms with Crippen molar-refractivity contribution in [2.24, 2.45) is 0 Å². The lowest BCUT2D eigenvalue weighted by molar-refractivity contribution is -0.0124. The summed E-state index contributed by atoms with van der Waals surface area (Å²) in [4.78, 5) is 19.2. The Morgan fingerprint density at radius 2 is 2.17 bits per heavy atom. The number of ether oxygens (including phenoxy) is 1. The zero-order chi connectivity index (χ0) is 16.4. The van der Waals surface area contributed by atoms with Crippen molar-refractivity contribution in [3.05, 3.63) is 52.1 Å². The quantitative estimate of drug-likeness (QED) is 0.804. The maximum absolute atomic E-state index is 12.7. The Morgan fingerprint density at radius 1 is 1.35 bits per heavy atom. The third kappa shape index (κ3) is 3.62. The fourth-order valence-electron chi connectivity index (χ4n) is 2.77. The molecule has 2 aromatic rings. The zero-order valence-electron chi connectivity index (χ0n) is 13.3. The highest BCUT2D eigenvalue weighted by molar-refractivity contribution is 9.10. The molecule has 1 aromatic carbocycles. The smallest absolute Gasteiger partial charge is 0.255 e. The van der Waals surface area contributed by atoms with Crippen LogP contribution in [0.25, 0.3) is 11.3 Å². The van der Waals surface area contributed by atoms with Gasteiger partial charge in [0.1, 0.15) is 0 Å². The van der Waals surface area contributed by atoms with Gasteiger partial charge in [-0.05, 0) is 38.1 Å². The van der Waals surface area contributed by atoms with Crippen LogP contribution in [0.5, 0.6) is 0 Å². The highest BCUT2D eigenvalue weighted by Gasteiger charge is 2.24. The molecule has 4 nitrogen and oxygen atoms in total. The van der Waals surface area contributed by atoms with E-state index in [0.717, 1.165) is 21.4 Å². The Bertz CT molecular complexity index is 733. The lowest BCUT2D eigenvalue weighted by Gasteiger charge is -2.31. The first-order valence-corrected chi connectivity index (χ1v) is 8.48. The van der Waals surface area contributed by atoms with E-state index in [-0.39, 0.29) is 12.0 Å². The Hall–Kier alpha value is -1.72. The monoisotopic (exact) mass is 374 g/mol. The van der Waals surface area contributed by atoms with E-state index in [9.17, 15) is 4.79 Å². The van der Waals surface area contributed by atoms with E-state index in [0.29, 0.717) is 25.3 Å². The summed E-state index contributed by atoms with van der Waals surface area (Å²) >= 11 is 3.47. The van der Waals surface area contributed by atoms with Crippen LogP contribution in [0.3, 0.4) is 0 Å². The van der Waals surface area contributed by atoms with Crippen molar-refractivity contribution < 1.29 is 9.53 Å². The number of rotatable bonds is 2. The van der Waals surface area contributed by atoms with Gasteiger partial charge in [0.25, 0.3) is 5.91 Å². The summed E-state index contributed by atoms with van der Waals surface area (Å²) in [7, 11) is 0. The number of aromatic nitrogens is 1. The second kappa shape index (κ2) is 6.81. The molecule has 0 radical (unpaired) electrons. The van der Waals surface area contributed by atoms with Crippen molar-refractivity contribution in [2.45, 2.75) is 20.0 Å². The Labute approximate surface area is 144 Å². The third-order valence-corrected chi connectivity index (χ3v) is 4.46. The number of pyridine rings is 1. The molecule has 2 heterocycles. The van der Waals surface area contributed by atoms with Crippen LogP contribution in [0.15, 0.2) is 40.9 Å². The predicted octanol–water partition coefficient (Wildman–Crippen LogP) is 3.68. The molecule has 23 heavy (non-hydrogen) atoms. The van der Waals surface area contributed by atoms with Gasteiger partial charge in [0.2, 0.25) is 0 Å². The number of carbonyl (C=O) groups excluding carboxylic acids is 1. The van der Waals surface area contributed by atoms with Gasteiger partial charge in [0, 0.05) is 23.1 Å². The van der Waals surface area contributed by atoms with Crippen LogP contribution >= 0.6 is 15.9 Å². The van der Waals surface area contributed by atoms with Gasteiger partial charge in [-0.2, -0.15) is 0 Å². The third-order valence-electron chi connectivity index (χ3n) is 3.96. The predicted molar refractivity (Wildman–Crippen MR) is 93.4 cm³/mol. The molecule has 3 rings (SSSR count). The van der Waals surface area contributed by atoms with Gasteiger partial charge in [0.15, 0.2) is 0 Å². The minimum atomic E-state index is 0.0333. The number of benzene rings is 1. The lowest BCUT2D eigenvalue weighted by atomic mass is 10.1. The second-order valence-electron chi connectivity index (χ2n) is 5.77. The highest BCUT2D eigenvalue weighted by atomic mass is 79.9. The number of amides is 1. The molecule has 0 N–H and O–H groups in total. The topological polar surface area (TPSA) is 42.4 Å². The van der Waals surface area contributed by atoms with Gasteiger partial charge in [-0.3, -0.25) is 9.78 Å². The number of hydrogen-bond donors (Lipinski definition) is 0. The minimum absolute atomic E-state index is 0.0333. The first-order valence-electron chi connectivity index (χ1n) is 7.69. The Kier molecular flexibility index (Phi) is 4.78. The first-order chi connectivity index (χ1) is 11.0. The van der Waals surface area contributed by atoms with Gasteiger partial charge >= 0.3 is 0 Å². The van der Waals surface area contributed by atoms with Crippen molar-refractivity contribution >= 4 is 21.8 Å². The van der Waals surface area contributed by atoms with Crippen molar-refractivity contribution in [1.29, 1.82) is 0 Å². The molecular formula is C18H19BrN2O2. The number of nitrogens with zero attached hydrogens (tertiary/aromatic N) is 2. The summed E-state index contributed by atoms with van der Waals surface area (Å²) in [6.45, 7) is 5.73. The van der Waals surface area contributed by atoms with E-state index in [1.807, 2.05) is 55.1 Å². The van der Waals surface area contributed by atoms with Gasteiger partial charge < -0.3 is 9.64 Å². The first kappa shape index (κ1) is 16.1. The molecule has 0 spiro atoms. The summed E-state index contributed by atoms with van der Waals surface area (Å²) in [6.07, 6.45) is 0.0851. The molecule has 1 aromatic heterocycles. The largest absolute Gasteiger partial charge is 0.375 e. The standard InChI is InChI=1S/C18H19BrN2O2/c1-12-11-21(8-9-23-12)18(22)16-6-7-17(20-13(16)2)14-4-3-5-15(19)10-14/h3-7,10,12H,8-9,11H2,1-2H3. The Morgan fingerprint density at radius 3 is 2.87 bits per heavy atom. The van der Waals surface area contributed by atoms with Crippen molar-refractivity contribution in [3.63, 3.8) is 0 Å². The SMILES string of the molecule is Cc1nc(-c2cccc(Br)c2)ccc1C(=O)N1CCOC(C)C1. The number of halogens is 1. The van der Waals surface area contributed by atoms with Crippen LogP contribution in [-0.4, -0.2) is 41.6 Å². The molecule has 1 saturated heterocycles. The molecule has 0 saturated carbocycles. The van der Waals surface area contributed by atoms with Crippen LogP contribution in [0, 0.1) is 6.92 Å². The van der Waals surface area contributed by atoms with Gasteiger partial charge in [-0.1, -0.05) is 28.1 Å².